The second kappa shape index (κ2) is 4.72. The van der Waals surface area contributed by atoms with Crippen LogP contribution in [0.1, 0.15) is 47.9 Å². The standard InChI is InChI=1S/C14H16N2O2/c1-9(2)8-10(3)15-16-13(17)11-6-4-5-7-12(11)14(16)18/h4-7,9H,8H2,1-3H3. The Hall–Kier alpha value is -1.97. The van der Waals surface area contributed by atoms with Gasteiger partial charge in [0, 0.05) is 5.71 Å². The average molecular weight is 244 g/mol. The molecule has 2 rings (SSSR count). The van der Waals surface area contributed by atoms with Crippen molar-refractivity contribution in [2.24, 2.45) is 11.0 Å². The fraction of sp³-hybridized carbons (Fsp3) is 0.357. The minimum Gasteiger partial charge on any atom is -0.267 e. The van der Waals surface area contributed by atoms with Crippen molar-refractivity contribution < 1.29 is 9.59 Å². The zero-order chi connectivity index (χ0) is 13.3. The lowest BCUT2D eigenvalue weighted by Gasteiger charge is -2.10. The Morgan fingerprint density at radius 1 is 1.17 bits per heavy atom. The molecule has 1 aromatic carbocycles. The van der Waals surface area contributed by atoms with Crippen LogP contribution in [0.25, 0.3) is 0 Å². The molecule has 18 heavy (non-hydrogen) atoms. The van der Waals surface area contributed by atoms with E-state index in [1.165, 1.54) is 0 Å². The normalized spacial score (nSPS) is 15.6. The number of carbonyl (C=O) groups excluding carboxylic acids is 2. The maximum absolute atomic E-state index is 12.0. The van der Waals surface area contributed by atoms with Gasteiger partial charge in [0.05, 0.1) is 11.1 Å². The SMILES string of the molecule is CC(CC(C)C)=NN1C(=O)c2ccccc2C1=O. The maximum Gasteiger partial charge on any atom is 0.282 e. The first kappa shape index (κ1) is 12.5. The lowest BCUT2D eigenvalue weighted by molar-refractivity contribution is 0.0658. The number of nitrogens with zero attached hydrogens (tertiary/aromatic N) is 2. The zero-order valence-corrected chi connectivity index (χ0v) is 10.8. The molecular formula is C14H16N2O2. The van der Waals surface area contributed by atoms with E-state index in [0.29, 0.717) is 17.0 Å². The molecule has 94 valence electrons. The van der Waals surface area contributed by atoms with E-state index >= 15 is 0 Å². The van der Waals surface area contributed by atoms with Crippen molar-refractivity contribution >= 4 is 17.5 Å². The molecule has 0 fully saturated rings. The van der Waals surface area contributed by atoms with E-state index in [9.17, 15) is 9.59 Å². The molecule has 0 N–H and O–H groups in total. The molecule has 0 bridgehead atoms. The summed E-state index contributed by atoms with van der Waals surface area (Å²) in [5, 5.41) is 5.12. The fourth-order valence-electron chi connectivity index (χ4n) is 2.07. The van der Waals surface area contributed by atoms with Crippen LogP contribution in [0.5, 0.6) is 0 Å². The molecule has 0 unspecified atom stereocenters. The molecule has 1 aromatic rings. The predicted octanol–water partition coefficient (Wildman–Crippen LogP) is 2.70. The fourth-order valence-corrected chi connectivity index (χ4v) is 2.07. The molecule has 1 heterocycles. The monoisotopic (exact) mass is 244 g/mol. The number of hydrazone groups is 1. The molecule has 0 aliphatic carbocycles. The summed E-state index contributed by atoms with van der Waals surface area (Å²) in [5.41, 5.74) is 1.66. The first-order chi connectivity index (χ1) is 8.50. The van der Waals surface area contributed by atoms with Crippen LogP contribution in [0.2, 0.25) is 0 Å². The molecule has 0 aromatic heterocycles. The molecule has 0 saturated heterocycles. The summed E-state index contributed by atoms with van der Waals surface area (Å²) in [6, 6.07) is 6.81. The first-order valence-corrected chi connectivity index (χ1v) is 6.02. The van der Waals surface area contributed by atoms with Gasteiger partial charge in [-0.05, 0) is 31.4 Å². The van der Waals surface area contributed by atoms with Crippen molar-refractivity contribution in [1.82, 2.24) is 5.01 Å². The number of carbonyl (C=O) groups is 2. The van der Waals surface area contributed by atoms with Gasteiger partial charge >= 0.3 is 0 Å². The van der Waals surface area contributed by atoms with Crippen molar-refractivity contribution in [2.45, 2.75) is 27.2 Å². The zero-order valence-electron chi connectivity index (χ0n) is 10.8. The van der Waals surface area contributed by atoms with Crippen LogP contribution in [0.15, 0.2) is 29.4 Å². The van der Waals surface area contributed by atoms with Crippen molar-refractivity contribution in [3.05, 3.63) is 35.4 Å². The maximum atomic E-state index is 12.0. The Labute approximate surface area is 106 Å². The van der Waals surface area contributed by atoms with E-state index < -0.39 is 0 Å². The third-order valence-electron chi connectivity index (χ3n) is 2.75. The average Bonchev–Trinajstić information content (AvgIpc) is 2.54. The van der Waals surface area contributed by atoms with Crippen LogP contribution in [0.4, 0.5) is 0 Å². The smallest absolute Gasteiger partial charge is 0.267 e. The van der Waals surface area contributed by atoms with Gasteiger partial charge in [0.25, 0.3) is 11.8 Å². The second-order valence-electron chi connectivity index (χ2n) is 4.90. The lowest BCUT2D eigenvalue weighted by atomic mass is 10.1. The van der Waals surface area contributed by atoms with E-state index in [2.05, 4.69) is 18.9 Å². The highest BCUT2D eigenvalue weighted by molar-refractivity contribution is 6.21. The van der Waals surface area contributed by atoms with E-state index in [4.69, 9.17) is 0 Å². The van der Waals surface area contributed by atoms with Crippen molar-refractivity contribution in [1.29, 1.82) is 0 Å². The van der Waals surface area contributed by atoms with Gasteiger partial charge in [0.2, 0.25) is 0 Å². The highest BCUT2D eigenvalue weighted by atomic mass is 16.2. The van der Waals surface area contributed by atoms with Crippen molar-refractivity contribution in [2.75, 3.05) is 0 Å². The van der Waals surface area contributed by atoms with Crippen molar-refractivity contribution in [3.63, 3.8) is 0 Å². The predicted molar refractivity (Wildman–Crippen MR) is 69.5 cm³/mol. The Morgan fingerprint density at radius 2 is 1.67 bits per heavy atom. The lowest BCUT2D eigenvalue weighted by Crippen LogP contribution is -2.25. The third kappa shape index (κ3) is 2.18. The topological polar surface area (TPSA) is 49.7 Å². The number of fused-ring (bicyclic) bond motifs is 1. The van der Waals surface area contributed by atoms with Gasteiger partial charge < -0.3 is 0 Å². The number of amides is 2. The van der Waals surface area contributed by atoms with Crippen molar-refractivity contribution in [3.8, 4) is 0 Å². The van der Waals surface area contributed by atoms with Crippen LogP contribution in [-0.4, -0.2) is 22.5 Å². The van der Waals surface area contributed by atoms with Gasteiger partial charge in [-0.25, -0.2) is 0 Å². The Bertz CT molecular complexity index is 497. The number of hydrogen-bond donors (Lipinski definition) is 0. The van der Waals surface area contributed by atoms with Gasteiger partial charge in [-0.2, -0.15) is 10.1 Å². The molecule has 1 aliphatic rings. The molecule has 1 aliphatic heterocycles. The van der Waals surface area contributed by atoms with Gasteiger partial charge in [-0.15, -0.1) is 0 Å². The third-order valence-corrected chi connectivity index (χ3v) is 2.75. The van der Waals surface area contributed by atoms with Crippen LogP contribution in [0, 0.1) is 5.92 Å². The highest BCUT2D eigenvalue weighted by Gasteiger charge is 2.35. The Morgan fingerprint density at radius 3 is 2.11 bits per heavy atom. The molecule has 0 atom stereocenters. The summed E-state index contributed by atoms with van der Waals surface area (Å²) in [5.74, 6) is -0.221. The van der Waals surface area contributed by atoms with Crippen LogP contribution < -0.4 is 0 Å². The van der Waals surface area contributed by atoms with Gasteiger partial charge in [-0.1, -0.05) is 26.0 Å². The Kier molecular flexibility index (Phi) is 3.28. The molecular weight excluding hydrogens is 228 g/mol. The number of rotatable bonds is 3. The minimum absolute atomic E-state index is 0.335. The van der Waals surface area contributed by atoms with Gasteiger partial charge in [-0.3, -0.25) is 9.59 Å². The molecule has 0 saturated carbocycles. The quantitative estimate of drug-likeness (QED) is 0.606. The summed E-state index contributed by atoms with van der Waals surface area (Å²) in [4.78, 5) is 24.1. The van der Waals surface area contributed by atoms with Gasteiger partial charge in [0.15, 0.2) is 0 Å². The summed E-state index contributed by atoms with van der Waals surface area (Å²) < 4.78 is 0. The minimum atomic E-state index is -0.335. The van der Waals surface area contributed by atoms with Gasteiger partial charge in [0.1, 0.15) is 0 Å². The largest absolute Gasteiger partial charge is 0.282 e. The molecule has 4 heteroatoms. The Balaban J connectivity index is 2.29. The number of hydrogen-bond acceptors (Lipinski definition) is 3. The van der Waals surface area contributed by atoms with E-state index in [1.807, 2.05) is 6.92 Å². The summed E-state index contributed by atoms with van der Waals surface area (Å²) in [7, 11) is 0. The van der Waals surface area contributed by atoms with Crippen LogP contribution in [0.3, 0.4) is 0 Å². The van der Waals surface area contributed by atoms with E-state index in [-0.39, 0.29) is 11.8 Å². The highest BCUT2D eigenvalue weighted by Crippen LogP contribution is 2.22. The number of imide groups is 1. The van der Waals surface area contributed by atoms with E-state index in [1.54, 1.807) is 24.3 Å². The van der Waals surface area contributed by atoms with Crippen LogP contribution in [-0.2, 0) is 0 Å². The number of benzene rings is 1. The summed E-state index contributed by atoms with van der Waals surface area (Å²) in [6.07, 6.45) is 0.771. The molecule has 4 nitrogen and oxygen atoms in total. The molecule has 2 amide bonds. The summed E-state index contributed by atoms with van der Waals surface area (Å²) >= 11 is 0. The molecule has 0 spiro atoms. The first-order valence-electron chi connectivity index (χ1n) is 6.02. The second-order valence-corrected chi connectivity index (χ2v) is 4.90. The van der Waals surface area contributed by atoms with E-state index in [0.717, 1.165) is 17.1 Å². The molecule has 0 radical (unpaired) electrons. The summed E-state index contributed by atoms with van der Waals surface area (Å²) in [6.45, 7) is 5.98. The van der Waals surface area contributed by atoms with Crippen LogP contribution >= 0.6 is 0 Å².